The van der Waals surface area contributed by atoms with Crippen molar-refractivity contribution >= 4 is 35.5 Å². The molecule has 1 saturated heterocycles. The Hall–Kier alpha value is -0.560. The summed E-state index contributed by atoms with van der Waals surface area (Å²) in [5, 5.41) is 9.50. The zero-order valence-electron chi connectivity index (χ0n) is 9.67. The van der Waals surface area contributed by atoms with Gasteiger partial charge in [0.15, 0.2) is 0 Å². The zero-order chi connectivity index (χ0) is 11.5. The van der Waals surface area contributed by atoms with Crippen LogP contribution in [0.1, 0.15) is 5.89 Å². The molecule has 0 aliphatic carbocycles. The van der Waals surface area contributed by atoms with Crippen LogP contribution in [-0.2, 0) is 6.42 Å². The fraction of sp³-hybridized carbons (Fsp3) is 0.455. The van der Waals surface area contributed by atoms with Gasteiger partial charge in [0, 0.05) is 30.5 Å². The monoisotopic (exact) mass is 303 g/mol. The molecule has 2 aromatic heterocycles. The fourth-order valence-electron chi connectivity index (χ4n) is 1.81. The molecule has 1 aliphatic heterocycles. The van der Waals surface area contributed by atoms with Gasteiger partial charge in [-0.2, -0.15) is 16.7 Å². The minimum atomic E-state index is 0. The Morgan fingerprint density at radius 3 is 3.17 bits per heavy atom. The Balaban J connectivity index is 0.00000120. The van der Waals surface area contributed by atoms with Gasteiger partial charge >= 0.3 is 0 Å². The highest BCUT2D eigenvalue weighted by atomic mass is 35.5. The van der Waals surface area contributed by atoms with Crippen LogP contribution in [0.25, 0.3) is 10.7 Å². The molecule has 18 heavy (non-hydrogen) atoms. The summed E-state index contributed by atoms with van der Waals surface area (Å²) in [6, 6.07) is 4.47. The van der Waals surface area contributed by atoms with E-state index in [-0.39, 0.29) is 12.4 Å². The van der Waals surface area contributed by atoms with E-state index >= 15 is 0 Å². The normalized spacial score (nSPS) is 19.4. The maximum Gasteiger partial charge on any atom is 0.228 e. The largest absolute Gasteiger partial charge is 0.339 e. The first-order valence-corrected chi connectivity index (χ1v) is 7.63. The van der Waals surface area contributed by atoms with Crippen molar-refractivity contribution in [2.24, 2.45) is 0 Å². The number of hydrogen-bond acceptors (Lipinski definition) is 6. The number of rotatable bonds is 3. The van der Waals surface area contributed by atoms with Crippen molar-refractivity contribution in [3.63, 3.8) is 0 Å². The van der Waals surface area contributed by atoms with E-state index in [9.17, 15) is 0 Å². The lowest BCUT2D eigenvalue weighted by Gasteiger charge is -2.21. The average Bonchev–Trinajstić information content (AvgIpc) is 3.00. The Morgan fingerprint density at radius 1 is 1.50 bits per heavy atom. The van der Waals surface area contributed by atoms with Gasteiger partial charge in [0.05, 0.1) is 4.88 Å². The van der Waals surface area contributed by atoms with E-state index in [1.54, 1.807) is 11.3 Å². The molecule has 3 heterocycles. The molecule has 0 amide bonds. The lowest BCUT2D eigenvalue weighted by atomic mass is 10.2. The van der Waals surface area contributed by atoms with Gasteiger partial charge in [-0.15, -0.1) is 23.7 Å². The van der Waals surface area contributed by atoms with Crippen molar-refractivity contribution in [1.29, 1.82) is 0 Å². The Morgan fingerprint density at radius 2 is 2.44 bits per heavy atom. The molecular weight excluding hydrogens is 290 g/mol. The first-order chi connectivity index (χ1) is 8.42. The molecule has 1 N–H and O–H groups in total. The first kappa shape index (κ1) is 13.9. The van der Waals surface area contributed by atoms with Crippen LogP contribution < -0.4 is 5.32 Å². The minimum absolute atomic E-state index is 0. The number of nitrogens with one attached hydrogen (secondary N) is 1. The summed E-state index contributed by atoms with van der Waals surface area (Å²) >= 11 is 3.61. The second-order valence-corrected chi connectivity index (χ2v) is 6.02. The highest BCUT2D eigenvalue weighted by Crippen LogP contribution is 2.22. The van der Waals surface area contributed by atoms with Crippen LogP contribution in [0.4, 0.5) is 0 Å². The van der Waals surface area contributed by atoms with E-state index in [1.807, 2.05) is 29.3 Å². The Kier molecular flexibility index (Phi) is 5.05. The van der Waals surface area contributed by atoms with Crippen LogP contribution in [0, 0.1) is 0 Å². The molecular formula is C11H14ClN3OS2. The van der Waals surface area contributed by atoms with Gasteiger partial charge in [0.1, 0.15) is 0 Å². The molecule has 1 unspecified atom stereocenters. The summed E-state index contributed by atoms with van der Waals surface area (Å²) < 4.78 is 5.29. The standard InChI is InChI=1S/C11H13N3OS2.ClH/c1-2-9(17-4-1)11-13-10(15-14-11)6-8-7-16-5-3-12-8;/h1-2,4,8,12H,3,5-7H2;1H. The molecule has 1 atom stereocenters. The SMILES string of the molecule is Cl.c1csc(-c2noc(CC3CSCCN3)n2)c1. The Bertz CT molecular complexity index is 468. The van der Waals surface area contributed by atoms with Gasteiger partial charge in [-0.25, -0.2) is 0 Å². The molecule has 0 radical (unpaired) electrons. The third-order valence-corrected chi connectivity index (χ3v) is 4.63. The van der Waals surface area contributed by atoms with E-state index in [2.05, 4.69) is 15.5 Å². The second kappa shape index (κ2) is 6.56. The van der Waals surface area contributed by atoms with Crippen molar-refractivity contribution in [2.75, 3.05) is 18.1 Å². The molecule has 2 aromatic rings. The average molecular weight is 304 g/mol. The van der Waals surface area contributed by atoms with E-state index in [1.165, 1.54) is 5.75 Å². The van der Waals surface area contributed by atoms with Crippen molar-refractivity contribution in [2.45, 2.75) is 12.5 Å². The summed E-state index contributed by atoms with van der Waals surface area (Å²) in [5.41, 5.74) is 0. The van der Waals surface area contributed by atoms with E-state index in [0.717, 1.165) is 29.5 Å². The van der Waals surface area contributed by atoms with Crippen molar-refractivity contribution in [3.05, 3.63) is 23.4 Å². The predicted molar refractivity (Wildman–Crippen MR) is 77.7 cm³/mol. The van der Waals surface area contributed by atoms with Crippen molar-refractivity contribution in [3.8, 4) is 10.7 Å². The van der Waals surface area contributed by atoms with Gasteiger partial charge in [-0.05, 0) is 11.4 Å². The molecule has 3 rings (SSSR count). The van der Waals surface area contributed by atoms with E-state index in [4.69, 9.17) is 4.52 Å². The van der Waals surface area contributed by atoms with Crippen molar-refractivity contribution in [1.82, 2.24) is 15.5 Å². The molecule has 1 aliphatic rings. The van der Waals surface area contributed by atoms with Crippen LogP contribution in [0.15, 0.2) is 22.0 Å². The predicted octanol–water partition coefficient (Wildman–Crippen LogP) is 2.47. The molecule has 98 valence electrons. The summed E-state index contributed by atoms with van der Waals surface area (Å²) in [4.78, 5) is 5.49. The number of aromatic nitrogens is 2. The summed E-state index contributed by atoms with van der Waals surface area (Å²) in [6.45, 7) is 1.07. The molecule has 4 nitrogen and oxygen atoms in total. The van der Waals surface area contributed by atoms with Crippen LogP contribution in [0.2, 0.25) is 0 Å². The van der Waals surface area contributed by atoms with Gasteiger partial charge in [0.2, 0.25) is 11.7 Å². The minimum Gasteiger partial charge on any atom is -0.339 e. The number of thiophene rings is 1. The van der Waals surface area contributed by atoms with Gasteiger partial charge < -0.3 is 9.84 Å². The summed E-state index contributed by atoms with van der Waals surface area (Å²) in [5.74, 6) is 3.75. The lowest BCUT2D eigenvalue weighted by Crippen LogP contribution is -2.38. The fourth-order valence-corrected chi connectivity index (χ4v) is 3.40. The van der Waals surface area contributed by atoms with Crippen LogP contribution in [0.5, 0.6) is 0 Å². The Labute approximate surface area is 120 Å². The van der Waals surface area contributed by atoms with E-state index < -0.39 is 0 Å². The topological polar surface area (TPSA) is 51.0 Å². The maximum absolute atomic E-state index is 5.29. The van der Waals surface area contributed by atoms with Gasteiger partial charge in [-0.1, -0.05) is 11.2 Å². The maximum atomic E-state index is 5.29. The number of nitrogens with zero attached hydrogens (tertiary/aromatic N) is 2. The van der Waals surface area contributed by atoms with Crippen molar-refractivity contribution < 1.29 is 4.52 Å². The number of hydrogen-bond donors (Lipinski definition) is 1. The second-order valence-electron chi connectivity index (χ2n) is 3.92. The molecule has 0 bridgehead atoms. The summed E-state index contributed by atoms with van der Waals surface area (Å²) in [6.07, 6.45) is 0.825. The number of halogens is 1. The molecule has 0 spiro atoms. The number of thioether (sulfide) groups is 1. The lowest BCUT2D eigenvalue weighted by molar-refractivity contribution is 0.363. The third kappa shape index (κ3) is 3.26. The molecule has 7 heteroatoms. The quantitative estimate of drug-likeness (QED) is 0.944. The summed E-state index contributed by atoms with van der Waals surface area (Å²) in [7, 11) is 0. The molecule has 0 saturated carbocycles. The zero-order valence-corrected chi connectivity index (χ0v) is 12.1. The van der Waals surface area contributed by atoms with Crippen LogP contribution in [0.3, 0.4) is 0 Å². The first-order valence-electron chi connectivity index (χ1n) is 5.59. The third-order valence-electron chi connectivity index (χ3n) is 2.63. The highest BCUT2D eigenvalue weighted by Gasteiger charge is 2.17. The smallest absolute Gasteiger partial charge is 0.228 e. The van der Waals surface area contributed by atoms with Crippen LogP contribution >= 0.6 is 35.5 Å². The van der Waals surface area contributed by atoms with Crippen LogP contribution in [-0.4, -0.2) is 34.2 Å². The molecule has 1 fully saturated rings. The van der Waals surface area contributed by atoms with Gasteiger partial charge in [-0.3, -0.25) is 0 Å². The van der Waals surface area contributed by atoms with E-state index in [0.29, 0.717) is 11.9 Å². The van der Waals surface area contributed by atoms with Gasteiger partial charge in [0.25, 0.3) is 0 Å². The highest BCUT2D eigenvalue weighted by molar-refractivity contribution is 7.99. The molecule has 0 aromatic carbocycles.